The third-order valence-electron chi connectivity index (χ3n) is 4.20. The van der Waals surface area contributed by atoms with Gasteiger partial charge in [-0.05, 0) is 45.7 Å². The van der Waals surface area contributed by atoms with Crippen LogP contribution in [0.1, 0.15) is 44.0 Å². The van der Waals surface area contributed by atoms with Gasteiger partial charge in [0, 0.05) is 25.2 Å². The number of anilines is 1. The number of benzene rings is 1. The number of hydrogen-bond acceptors (Lipinski definition) is 4. The predicted molar refractivity (Wildman–Crippen MR) is 103 cm³/mol. The molecule has 1 fully saturated rings. The summed E-state index contributed by atoms with van der Waals surface area (Å²) in [6, 6.07) is 6.50. The monoisotopic (exact) mass is 376 g/mol. The Morgan fingerprint density at radius 1 is 1.19 bits per heavy atom. The van der Waals surface area contributed by atoms with Crippen molar-refractivity contribution in [3.05, 3.63) is 29.8 Å². The van der Waals surface area contributed by atoms with Crippen LogP contribution < -0.4 is 16.0 Å². The van der Waals surface area contributed by atoms with Crippen LogP contribution in [0.5, 0.6) is 0 Å². The van der Waals surface area contributed by atoms with E-state index in [1.807, 2.05) is 13.8 Å². The van der Waals surface area contributed by atoms with Gasteiger partial charge in [0.15, 0.2) is 0 Å². The van der Waals surface area contributed by atoms with Crippen LogP contribution in [0.25, 0.3) is 0 Å². The van der Waals surface area contributed by atoms with Gasteiger partial charge >= 0.3 is 12.1 Å². The summed E-state index contributed by atoms with van der Waals surface area (Å²) >= 11 is 0. The number of carbonyl (C=O) groups excluding carboxylic acids is 3. The normalized spacial score (nSPS) is 14.6. The van der Waals surface area contributed by atoms with Gasteiger partial charge in [-0.15, -0.1) is 0 Å². The van der Waals surface area contributed by atoms with Gasteiger partial charge in [-0.25, -0.2) is 9.59 Å². The molecule has 1 aliphatic rings. The van der Waals surface area contributed by atoms with Crippen molar-refractivity contribution in [2.75, 3.05) is 25.0 Å². The summed E-state index contributed by atoms with van der Waals surface area (Å²) in [6.45, 7) is 6.93. The summed E-state index contributed by atoms with van der Waals surface area (Å²) in [6.07, 6.45) is 1.01. The van der Waals surface area contributed by atoms with Gasteiger partial charge in [0.05, 0.1) is 17.9 Å². The van der Waals surface area contributed by atoms with Crippen LogP contribution in [0.4, 0.5) is 15.3 Å². The van der Waals surface area contributed by atoms with Gasteiger partial charge in [-0.1, -0.05) is 12.1 Å². The lowest BCUT2D eigenvalue weighted by molar-refractivity contribution is 0.0860. The van der Waals surface area contributed by atoms with E-state index in [1.54, 1.807) is 36.1 Å². The summed E-state index contributed by atoms with van der Waals surface area (Å²) < 4.78 is 5.00. The van der Waals surface area contributed by atoms with Gasteiger partial charge in [0.2, 0.25) is 0 Å². The number of carbonyl (C=O) groups is 3. The largest absolute Gasteiger partial charge is 0.450 e. The summed E-state index contributed by atoms with van der Waals surface area (Å²) in [5.74, 6) is -0.245. The molecule has 0 aromatic heterocycles. The van der Waals surface area contributed by atoms with Crippen LogP contribution in [-0.2, 0) is 4.74 Å². The zero-order valence-corrected chi connectivity index (χ0v) is 16.1. The van der Waals surface area contributed by atoms with Crippen LogP contribution in [0.15, 0.2) is 24.3 Å². The molecule has 2 rings (SSSR count). The highest BCUT2D eigenvalue weighted by molar-refractivity contribution is 6.03. The fourth-order valence-corrected chi connectivity index (χ4v) is 2.90. The van der Waals surface area contributed by atoms with Crippen LogP contribution in [0.3, 0.4) is 0 Å². The lowest BCUT2D eigenvalue weighted by atomic mass is 10.0. The molecule has 0 bridgehead atoms. The minimum Gasteiger partial charge on any atom is -0.450 e. The van der Waals surface area contributed by atoms with Crippen LogP contribution in [0.2, 0.25) is 0 Å². The van der Waals surface area contributed by atoms with Crippen molar-refractivity contribution in [3.63, 3.8) is 0 Å². The molecule has 0 unspecified atom stereocenters. The number of likely N-dealkylation sites (tertiary alicyclic amines) is 1. The first-order chi connectivity index (χ1) is 12.9. The molecule has 4 amide bonds. The third-order valence-corrected chi connectivity index (χ3v) is 4.20. The van der Waals surface area contributed by atoms with Crippen molar-refractivity contribution in [2.45, 2.75) is 45.7 Å². The quantitative estimate of drug-likeness (QED) is 0.735. The summed E-state index contributed by atoms with van der Waals surface area (Å²) in [5.41, 5.74) is 0.862. The zero-order chi connectivity index (χ0) is 19.8. The molecule has 0 radical (unpaired) electrons. The van der Waals surface area contributed by atoms with Gasteiger partial charge in [0.1, 0.15) is 0 Å². The molecule has 1 saturated heterocycles. The maximum absolute atomic E-state index is 12.7. The summed E-state index contributed by atoms with van der Waals surface area (Å²) in [4.78, 5) is 38.0. The molecule has 0 saturated carbocycles. The van der Waals surface area contributed by atoms with E-state index in [4.69, 9.17) is 4.74 Å². The van der Waals surface area contributed by atoms with Crippen molar-refractivity contribution in [2.24, 2.45) is 0 Å². The number of nitrogens with zero attached hydrogens (tertiary/aromatic N) is 1. The number of ether oxygens (including phenoxy) is 1. The number of nitrogens with one attached hydrogen (secondary N) is 3. The average Bonchev–Trinajstić information content (AvgIpc) is 2.62. The van der Waals surface area contributed by atoms with Crippen molar-refractivity contribution in [1.29, 1.82) is 0 Å². The Hall–Kier alpha value is -2.77. The molecule has 8 heteroatoms. The highest BCUT2D eigenvalue weighted by atomic mass is 16.6. The number of amides is 4. The van der Waals surface area contributed by atoms with E-state index in [-0.39, 0.29) is 30.1 Å². The number of para-hydroxylation sites is 1. The second kappa shape index (κ2) is 9.80. The number of hydrogen-bond donors (Lipinski definition) is 3. The van der Waals surface area contributed by atoms with E-state index < -0.39 is 0 Å². The van der Waals surface area contributed by atoms with Crippen molar-refractivity contribution < 1.29 is 19.1 Å². The highest BCUT2D eigenvalue weighted by Crippen LogP contribution is 2.17. The Morgan fingerprint density at radius 3 is 2.48 bits per heavy atom. The first-order valence-corrected chi connectivity index (χ1v) is 9.29. The molecule has 27 heavy (non-hydrogen) atoms. The first kappa shape index (κ1) is 20.5. The van der Waals surface area contributed by atoms with Crippen molar-refractivity contribution in [1.82, 2.24) is 15.5 Å². The molecule has 3 N–H and O–H groups in total. The van der Waals surface area contributed by atoms with E-state index in [0.717, 1.165) is 0 Å². The van der Waals surface area contributed by atoms with E-state index in [9.17, 15) is 14.4 Å². The molecule has 1 aromatic rings. The number of urea groups is 1. The summed E-state index contributed by atoms with van der Waals surface area (Å²) in [5, 5.41) is 8.44. The second-order valence-corrected chi connectivity index (χ2v) is 6.73. The lowest BCUT2D eigenvalue weighted by Crippen LogP contribution is -2.46. The highest BCUT2D eigenvalue weighted by Gasteiger charge is 2.25. The van der Waals surface area contributed by atoms with E-state index in [0.29, 0.717) is 43.8 Å². The van der Waals surface area contributed by atoms with Crippen LogP contribution >= 0.6 is 0 Å². The molecular weight excluding hydrogens is 348 g/mol. The standard InChI is InChI=1S/C19H28N4O4/c1-4-27-19(26)23-11-9-14(10-12-23)21-17(24)15-7-5-6-8-16(15)22-18(25)20-13(2)3/h5-8,13-14H,4,9-12H2,1-3H3,(H,21,24)(H2,20,22,25). The SMILES string of the molecule is CCOC(=O)N1CCC(NC(=O)c2ccccc2NC(=O)NC(C)C)CC1. The van der Waals surface area contributed by atoms with Crippen molar-refractivity contribution in [3.8, 4) is 0 Å². The minimum absolute atomic E-state index is 0.00410. The fraction of sp³-hybridized carbons (Fsp3) is 0.526. The Balaban J connectivity index is 1.93. The number of piperidine rings is 1. The molecule has 1 aromatic carbocycles. The molecule has 8 nitrogen and oxygen atoms in total. The maximum Gasteiger partial charge on any atom is 0.409 e. The van der Waals surface area contributed by atoms with E-state index >= 15 is 0 Å². The van der Waals surface area contributed by atoms with Crippen LogP contribution in [-0.4, -0.2) is 54.7 Å². The van der Waals surface area contributed by atoms with Crippen molar-refractivity contribution >= 4 is 23.7 Å². The Morgan fingerprint density at radius 2 is 1.85 bits per heavy atom. The minimum atomic E-state index is -0.354. The second-order valence-electron chi connectivity index (χ2n) is 6.73. The van der Waals surface area contributed by atoms with Gasteiger partial charge in [-0.2, -0.15) is 0 Å². The van der Waals surface area contributed by atoms with E-state index in [1.165, 1.54) is 0 Å². The third kappa shape index (κ3) is 6.16. The average molecular weight is 376 g/mol. The Labute approximate surface area is 159 Å². The molecular formula is C19H28N4O4. The van der Waals surface area contributed by atoms with Crippen LogP contribution in [0, 0.1) is 0 Å². The van der Waals surface area contributed by atoms with Gasteiger partial charge in [0.25, 0.3) is 5.91 Å². The van der Waals surface area contributed by atoms with Gasteiger partial charge in [-0.3, -0.25) is 4.79 Å². The summed E-state index contributed by atoms with van der Waals surface area (Å²) in [7, 11) is 0. The Kier molecular flexibility index (Phi) is 7.45. The molecule has 0 spiro atoms. The Bertz CT molecular complexity index is 669. The fourth-order valence-electron chi connectivity index (χ4n) is 2.90. The predicted octanol–water partition coefficient (Wildman–Crippen LogP) is 2.57. The zero-order valence-electron chi connectivity index (χ0n) is 16.1. The van der Waals surface area contributed by atoms with E-state index in [2.05, 4.69) is 16.0 Å². The topological polar surface area (TPSA) is 99.8 Å². The molecule has 1 heterocycles. The maximum atomic E-state index is 12.7. The smallest absolute Gasteiger partial charge is 0.409 e. The first-order valence-electron chi connectivity index (χ1n) is 9.29. The molecule has 0 aliphatic carbocycles. The molecule has 1 aliphatic heterocycles. The molecule has 148 valence electrons. The molecule has 0 atom stereocenters. The van der Waals surface area contributed by atoms with Gasteiger partial charge < -0.3 is 25.6 Å². The lowest BCUT2D eigenvalue weighted by Gasteiger charge is -2.31. The number of rotatable bonds is 5.